The molecule has 1 fully saturated rings. The second kappa shape index (κ2) is 7.33. The predicted octanol–water partition coefficient (Wildman–Crippen LogP) is 0.690. The summed E-state index contributed by atoms with van der Waals surface area (Å²) in [5, 5.41) is 11.8. The zero-order chi connectivity index (χ0) is 14.4. The third-order valence-corrected chi connectivity index (χ3v) is 3.60. The van der Waals surface area contributed by atoms with Crippen LogP contribution in [0, 0.1) is 11.8 Å². The van der Waals surface area contributed by atoms with Crippen molar-refractivity contribution in [3.63, 3.8) is 0 Å². The molecule has 1 aliphatic heterocycles. The molecule has 0 spiro atoms. The minimum atomic E-state index is -0.856. The van der Waals surface area contributed by atoms with Gasteiger partial charge in [-0.15, -0.1) is 0 Å². The van der Waals surface area contributed by atoms with Crippen molar-refractivity contribution < 1.29 is 14.7 Å². The fourth-order valence-corrected chi connectivity index (χ4v) is 2.17. The van der Waals surface area contributed by atoms with E-state index in [4.69, 9.17) is 5.11 Å². The number of urea groups is 1. The zero-order valence-electron chi connectivity index (χ0n) is 12.1. The van der Waals surface area contributed by atoms with E-state index < -0.39 is 11.9 Å². The van der Waals surface area contributed by atoms with Gasteiger partial charge >= 0.3 is 12.0 Å². The average molecular weight is 271 g/mol. The van der Waals surface area contributed by atoms with Gasteiger partial charge in [0.2, 0.25) is 0 Å². The third kappa shape index (κ3) is 5.06. The molecule has 0 aromatic heterocycles. The van der Waals surface area contributed by atoms with Crippen LogP contribution in [0.4, 0.5) is 4.79 Å². The van der Waals surface area contributed by atoms with Crippen LogP contribution in [-0.4, -0.2) is 66.7 Å². The molecule has 19 heavy (non-hydrogen) atoms. The maximum absolute atomic E-state index is 12.0. The SMILES string of the molecule is CC(C)C(CNC(=O)N1CCCN(C)CC1)C(=O)O. The highest BCUT2D eigenvalue weighted by Crippen LogP contribution is 2.10. The molecule has 6 nitrogen and oxygen atoms in total. The summed E-state index contributed by atoms with van der Waals surface area (Å²) in [6.45, 7) is 7.18. The molecule has 0 bridgehead atoms. The molecule has 0 radical (unpaired) electrons. The molecule has 110 valence electrons. The van der Waals surface area contributed by atoms with E-state index >= 15 is 0 Å². The summed E-state index contributed by atoms with van der Waals surface area (Å²) in [5.74, 6) is -1.38. The molecule has 6 heteroatoms. The lowest BCUT2D eigenvalue weighted by Gasteiger charge is -2.23. The van der Waals surface area contributed by atoms with Crippen molar-refractivity contribution in [3.8, 4) is 0 Å². The van der Waals surface area contributed by atoms with Crippen LogP contribution in [0.2, 0.25) is 0 Å². The maximum Gasteiger partial charge on any atom is 0.317 e. The van der Waals surface area contributed by atoms with Crippen LogP contribution < -0.4 is 5.32 Å². The molecule has 1 atom stereocenters. The summed E-state index contributed by atoms with van der Waals surface area (Å²) in [5.41, 5.74) is 0. The Morgan fingerprint density at radius 3 is 2.47 bits per heavy atom. The molecule has 0 aromatic carbocycles. The second-order valence-corrected chi connectivity index (χ2v) is 5.52. The van der Waals surface area contributed by atoms with Gasteiger partial charge in [-0.1, -0.05) is 13.8 Å². The van der Waals surface area contributed by atoms with Gasteiger partial charge in [0, 0.05) is 26.2 Å². The van der Waals surface area contributed by atoms with Crippen molar-refractivity contribution in [2.24, 2.45) is 11.8 Å². The van der Waals surface area contributed by atoms with Crippen LogP contribution in [0.15, 0.2) is 0 Å². The normalized spacial score (nSPS) is 19.1. The van der Waals surface area contributed by atoms with E-state index in [0.29, 0.717) is 6.54 Å². The zero-order valence-corrected chi connectivity index (χ0v) is 12.1. The van der Waals surface area contributed by atoms with Crippen LogP contribution >= 0.6 is 0 Å². The first-order valence-electron chi connectivity index (χ1n) is 6.86. The second-order valence-electron chi connectivity index (χ2n) is 5.52. The molecule has 1 saturated heterocycles. The van der Waals surface area contributed by atoms with Crippen LogP contribution in [0.5, 0.6) is 0 Å². The lowest BCUT2D eigenvalue weighted by atomic mass is 9.96. The first-order chi connectivity index (χ1) is 8.91. The number of carboxylic acid groups (broad SMARTS) is 1. The van der Waals surface area contributed by atoms with Gasteiger partial charge in [-0.3, -0.25) is 4.79 Å². The van der Waals surface area contributed by atoms with Crippen molar-refractivity contribution in [1.82, 2.24) is 15.1 Å². The highest BCUT2D eigenvalue weighted by molar-refractivity contribution is 5.76. The topological polar surface area (TPSA) is 72.9 Å². The Hall–Kier alpha value is -1.30. The molecule has 0 aromatic rings. The summed E-state index contributed by atoms with van der Waals surface area (Å²) >= 11 is 0. The van der Waals surface area contributed by atoms with Crippen molar-refractivity contribution in [2.75, 3.05) is 39.8 Å². The molecular weight excluding hydrogens is 246 g/mol. The molecule has 0 saturated carbocycles. The van der Waals surface area contributed by atoms with E-state index in [9.17, 15) is 9.59 Å². The van der Waals surface area contributed by atoms with E-state index in [-0.39, 0.29) is 18.5 Å². The van der Waals surface area contributed by atoms with E-state index in [1.165, 1.54) is 0 Å². The Morgan fingerprint density at radius 1 is 1.21 bits per heavy atom. The first kappa shape index (κ1) is 15.8. The Labute approximate surface area is 114 Å². The van der Waals surface area contributed by atoms with E-state index in [1.807, 2.05) is 20.9 Å². The van der Waals surface area contributed by atoms with Gasteiger partial charge in [0.25, 0.3) is 0 Å². The standard InChI is InChI=1S/C13H25N3O3/c1-10(2)11(12(17)18)9-14-13(19)16-6-4-5-15(3)7-8-16/h10-11H,4-9H2,1-3H3,(H,14,19)(H,17,18). The van der Waals surface area contributed by atoms with E-state index in [0.717, 1.165) is 26.1 Å². The number of carbonyl (C=O) groups excluding carboxylic acids is 1. The molecule has 1 unspecified atom stereocenters. The number of carboxylic acids is 1. The molecule has 1 heterocycles. The summed E-state index contributed by atoms with van der Waals surface area (Å²) in [7, 11) is 2.04. The Kier molecular flexibility index (Phi) is 6.08. The Balaban J connectivity index is 2.43. The van der Waals surface area contributed by atoms with Crippen LogP contribution in [0.1, 0.15) is 20.3 Å². The Morgan fingerprint density at radius 2 is 1.89 bits per heavy atom. The molecular formula is C13H25N3O3. The summed E-state index contributed by atoms with van der Waals surface area (Å²) < 4.78 is 0. The van der Waals surface area contributed by atoms with Gasteiger partial charge in [-0.25, -0.2) is 4.79 Å². The number of nitrogens with one attached hydrogen (secondary N) is 1. The van der Waals surface area contributed by atoms with Crippen molar-refractivity contribution in [2.45, 2.75) is 20.3 Å². The fourth-order valence-electron chi connectivity index (χ4n) is 2.17. The fraction of sp³-hybridized carbons (Fsp3) is 0.846. The van der Waals surface area contributed by atoms with Gasteiger partial charge in [0.15, 0.2) is 0 Å². The van der Waals surface area contributed by atoms with Crippen molar-refractivity contribution >= 4 is 12.0 Å². The lowest BCUT2D eigenvalue weighted by Crippen LogP contribution is -2.45. The number of rotatable bonds is 4. The number of likely N-dealkylation sites (N-methyl/N-ethyl adjacent to an activating group) is 1. The number of amides is 2. The third-order valence-electron chi connectivity index (χ3n) is 3.60. The maximum atomic E-state index is 12.0. The number of hydrogen-bond acceptors (Lipinski definition) is 3. The van der Waals surface area contributed by atoms with Crippen molar-refractivity contribution in [3.05, 3.63) is 0 Å². The van der Waals surface area contributed by atoms with E-state index in [2.05, 4.69) is 10.2 Å². The van der Waals surface area contributed by atoms with Gasteiger partial charge in [0.1, 0.15) is 0 Å². The summed E-state index contributed by atoms with van der Waals surface area (Å²) in [6, 6.07) is -0.151. The van der Waals surface area contributed by atoms with Crippen LogP contribution in [0.25, 0.3) is 0 Å². The molecule has 1 rings (SSSR count). The van der Waals surface area contributed by atoms with Crippen molar-refractivity contribution in [1.29, 1.82) is 0 Å². The van der Waals surface area contributed by atoms with Crippen LogP contribution in [0.3, 0.4) is 0 Å². The van der Waals surface area contributed by atoms with Gasteiger partial charge < -0.3 is 20.2 Å². The number of carbonyl (C=O) groups is 2. The summed E-state index contributed by atoms with van der Waals surface area (Å²) in [4.78, 5) is 27.0. The van der Waals surface area contributed by atoms with Gasteiger partial charge in [0.05, 0.1) is 5.92 Å². The minimum absolute atomic E-state index is 0.00747. The predicted molar refractivity (Wildman–Crippen MR) is 73.0 cm³/mol. The summed E-state index contributed by atoms with van der Waals surface area (Å²) in [6.07, 6.45) is 0.955. The molecule has 1 aliphatic rings. The monoisotopic (exact) mass is 271 g/mol. The minimum Gasteiger partial charge on any atom is -0.481 e. The highest BCUT2D eigenvalue weighted by atomic mass is 16.4. The number of nitrogens with zero attached hydrogens (tertiary/aromatic N) is 2. The lowest BCUT2D eigenvalue weighted by molar-refractivity contribution is -0.142. The smallest absolute Gasteiger partial charge is 0.317 e. The first-order valence-corrected chi connectivity index (χ1v) is 6.86. The Bertz CT molecular complexity index is 320. The van der Waals surface area contributed by atoms with Gasteiger partial charge in [-0.05, 0) is 25.9 Å². The van der Waals surface area contributed by atoms with Gasteiger partial charge in [-0.2, -0.15) is 0 Å². The molecule has 2 N–H and O–H groups in total. The molecule has 0 aliphatic carbocycles. The average Bonchev–Trinajstić information content (AvgIpc) is 2.53. The largest absolute Gasteiger partial charge is 0.481 e. The van der Waals surface area contributed by atoms with E-state index in [1.54, 1.807) is 4.90 Å². The quantitative estimate of drug-likeness (QED) is 0.789. The number of aliphatic carboxylic acids is 1. The molecule has 2 amide bonds. The highest BCUT2D eigenvalue weighted by Gasteiger charge is 2.24. The number of hydrogen-bond donors (Lipinski definition) is 2. The van der Waals surface area contributed by atoms with Crippen LogP contribution in [-0.2, 0) is 4.79 Å².